The number of imide groups is 1. The number of hydrogen-bond donors (Lipinski definition) is 1. The first-order valence-corrected chi connectivity index (χ1v) is 7.47. The van der Waals surface area contributed by atoms with Crippen LogP contribution in [0.15, 0.2) is 24.3 Å². The molecule has 2 fully saturated rings. The zero-order valence-electron chi connectivity index (χ0n) is 12.7. The highest BCUT2D eigenvalue weighted by molar-refractivity contribution is 6.03. The summed E-state index contributed by atoms with van der Waals surface area (Å²) in [5.74, 6) is -0.608. The molecule has 2 saturated heterocycles. The van der Waals surface area contributed by atoms with Gasteiger partial charge in [0.2, 0.25) is 17.7 Å². The lowest BCUT2D eigenvalue weighted by atomic mass is 10.0. The second kappa shape index (κ2) is 5.83. The summed E-state index contributed by atoms with van der Waals surface area (Å²) in [7, 11) is 0. The van der Waals surface area contributed by atoms with Crippen molar-refractivity contribution >= 4 is 29.3 Å². The third kappa shape index (κ3) is 2.94. The minimum Gasteiger partial charge on any atom is -0.334 e. The highest BCUT2D eigenvalue weighted by Gasteiger charge is 2.42. The van der Waals surface area contributed by atoms with Crippen LogP contribution in [0.1, 0.15) is 30.1 Å². The van der Waals surface area contributed by atoms with E-state index in [-0.39, 0.29) is 42.5 Å². The summed E-state index contributed by atoms with van der Waals surface area (Å²) in [5.41, 5.74) is 1.14. The van der Waals surface area contributed by atoms with Gasteiger partial charge in [-0.3, -0.25) is 24.1 Å². The Labute approximate surface area is 133 Å². The molecule has 0 aromatic heterocycles. The molecule has 4 amide bonds. The van der Waals surface area contributed by atoms with Gasteiger partial charge in [-0.2, -0.15) is 0 Å². The molecule has 23 heavy (non-hydrogen) atoms. The van der Waals surface area contributed by atoms with E-state index in [4.69, 9.17) is 0 Å². The molecule has 2 aliphatic heterocycles. The van der Waals surface area contributed by atoms with Crippen molar-refractivity contribution in [3.63, 3.8) is 0 Å². The molecule has 0 radical (unpaired) electrons. The zero-order chi connectivity index (χ0) is 16.6. The molecule has 0 aliphatic carbocycles. The summed E-state index contributed by atoms with van der Waals surface area (Å²) >= 11 is 0. The second-order valence-corrected chi connectivity index (χ2v) is 5.78. The van der Waals surface area contributed by atoms with Gasteiger partial charge >= 0.3 is 0 Å². The topological polar surface area (TPSA) is 86.8 Å². The molecule has 1 N–H and O–H groups in total. The lowest BCUT2D eigenvalue weighted by molar-refractivity contribution is -0.144. The molecule has 2 aliphatic rings. The minimum absolute atomic E-state index is 0.144. The van der Waals surface area contributed by atoms with Crippen LogP contribution in [0, 0.1) is 0 Å². The van der Waals surface area contributed by atoms with Gasteiger partial charge in [0, 0.05) is 44.1 Å². The van der Waals surface area contributed by atoms with Gasteiger partial charge in [0.05, 0.1) is 6.04 Å². The van der Waals surface area contributed by atoms with Gasteiger partial charge in [-0.05, 0) is 24.3 Å². The standard InChI is InChI=1S/C16H17N3O4/c1-10(20)17-12-4-2-11(3-5-12)16(23)18-8-13(9-18)19-14(21)6-7-15(19)22/h2-5,13H,6-9H2,1H3,(H,17,20). The molecule has 0 unspecified atom stereocenters. The van der Waals surface area contributed by atoms with Gasteiger partial charge in [-0.25, -0.2) is 0 Å². The summed E-state index contributed by atoms with van der Waals surface area (Å²) in [6, 6.07) is 6.43. The van der Waals surface area contributed by atoms with E-state index in [9.17, 15) is 19.2 Å². The Balaban J connectivity index is 1.59. The number of nitrogens with zero attached hydrogens (tertiary/aromatic N) is 2. The Morgan fingerprint density at radius 1 is 1.04 bits per heavy atom. The van der Waals surface area contributed by atoms with Crippen LogP contribution in [0.2, 0.25) is 0 Å². The number of carbonyl (C=O) groups excluding carboxylic acids is 4. The monoisotopic (exact) mass is 315 g/mol. The number of rotatable bonds is 3. The maximum Gasteiger partial charge on any atom is 0.253 e. The molecule has 120 valence electrons. The van der Waals surface area contributed by atoms with Crippen LogP contribution in [0.3, 0.4) is 0 Å². The molecule has 0 atom stereocenters. The number of benzene rings is 1. The summed E-state index contributed by atoms with van der Waals surface area (Å²) in [5, 5.41) is 2.64. The van der Waals surface area contributed by atoms with Crippen molar-refractivity contribution < 1.29 is 19.2 Å². The van der Waals surface area contributed by atoms with E-state index >= 15 is 0 Å². The van der Waals surface area contributed by atoms with Crippen molar-refractivity contribution in [2.45, 2.75) is 25.8 Å². The molecule has 1 aromatic carbocycles. The van der Waals surface area contributed by atoms with Crippen LogP contribution in [-0.2, 0) is 14.4 Å². The number of hydrogen-bond acceptors (Lipinski definition) is 4. The summed E-state index contributed by atoms with van der Waals surface area (Å²) < 4.78 is 0. The highest BCUT2D eigenvalue weighted by Crippen LogP contribution is 2.24. The van der Waals surface area contributed by atoms with Crippen molar-refractivity contribution in [1.29, 1.82) is 0 Å². The maximum atomic E-state index is 12.3. The van der Waals surface area contributed by atoms with Crippen molar-refractivity contribution in [3.8, 4) is 0 Å². The molecule has 1 aromatic rings. The minimum atomic E-state index is -0.194. The molecular formula is C16H17N3O4. The van der Waals surface area contributed by atoms with Crippen LogP contribution in [0.25, 0.3) is 0 Å². The van der Waals surface area contributed by atoms with Crippen LogP contribution >= 0.6 is 0 Å². The molecule has 3 rings (SSSR count). The predicted molar refractivity (Wildman–Crippen MR) is 81.5 cm³/mol. The summed E-state index contributed by atoms with van der Waals surface area (Å²) in [4.78, 5) is 49.5. The van der Waals surface area contributed by atoms with E-state index in [0.717, 1.165) is 0 Å². The first-order chi connectivity index (χ1) is 11.0. The molecule has 0 bridgehead atoms. The van der Waals surface area contributed by atoms with Crippen LogP contribution in [0.4, 0.5) is 5.69 Å². The molecule has 7 nitrogen and oxygen atoms in total. The maximum absolute atomic E-state index is 12.3. The predicted octanol–water partition coefficient (Wildman–Crippen LogP) is 0.618. The first kappa shape index (κ1) is 15.2. The van der Waals surface area contributed by atoms with Crippen molar-refractivity contribution in [3.05, 3.63) is 29.8 Å². The number of amides is 4. The van der Waals surface area contributed by atoms with E-state index < -0.39 is 0 Å². The molecule has 0 saturated carbocycles. The molecular weight excluding hydrogens is 298 g/mol. The molecule has 7 heteroatoms. The van der Waals surface area contributed by atoms with Crippen LogP contribution < -0.4 is 5.32 Å². The average Bonchev–Trinajstić information content (AvgIpc) is 2.78. The van der Waals surface area contributed by atoms with Crippen molar-refractivity contribution in [1.82, 2.24) is 9.80 Å². The van der Waals surface area contributed by atoms with E-state index in [2.05, 4.69) is 5.32 Å². The van der Waals surface area contributed by atoms with Crippen LogP contribution in [-0.4, -0.2) is 52.6 Å². The Hall–Kier alpha value is -2.70. The van der Waals surface area contributed by atoms with Gasteiger partial charge in [-0.1, -0.05) is 0 Å². The number of nitrogens with one attached hydrogen (secondary N) is 1. The van der Waals surface area contributed by atoms with Gasteiger partial charge in [0.15, 0.2) is 0 Å². The van der Waals surface area contributed by atoms with Gasteiger partial charge < -0.3 is 10.2 Å². The van der Waals surface area contributed by atoms with Crippen molar-refractivity contribution in [2.24, 2.45) is 0 Å². The van der Waals surface area contributed by atoms with E-state index in [1.54, 1.807) is 29.2 Å². The largest absolute Gasteiger partial charge is 0.334 e. The fourth-order valence-corrected chi connectivity index (χ4v) is 2.87. The smallest absolute Gasteiger partial charge is 0.253 e. The number of anilines is 1. The lowest BCUT2D eigenvalue weighted by Gasteiger charge is -2.43. The van der Waals surface area contributed by atoms with Gasteiger partial charge in [0.25, 0.3) is 5.91 Å². The van der Waals surface area contributed by atoms with E-state index in [1.807, 2.05) is 0 Å². The molecule has 0 spiro atoms. The zero-order valence-corrected chi connectivity index (χ0v) is 12.7. The summed E-state index contributed by atoms with van der Waals surface area (Å²) in [6.45, 7) is 2.17. The molecule has 2 heterocycles. The Kier molecular flexibility index (Phi) is 3.85. The quantitative estimate of drug-likeness (QED) is 0.828. The van der Waals surface area contributed by atoms with Gasteiger partial charge in [0.1, 0.15) is 0 Å². The lowest BCUT2D eigenvalue weighted by Crippen LogP contribution is -2.62. The highest BCUT2D eigenvalue weighted by atomic mass is 16.2. The SMILES string of the molecule is CC(=O)Nc1ccc(C(=O)N2CC(N3C(=O)CCC3=O)C2)cc1. The Morgan fingerprint density at radius 3 is 2.13 bits per heavy atom. The second-order valence-electron chi connectivity index (χ2n) is 5.78. The van der Waals surface area contributed by atoms with Crippen molar-refractivity contribution in [2.75, 3.05) is 18.4 Å². The number of likely N-dealkylation sites (tertiary alicyclic amines) is 2. The van der Waals surface area contributed by atoms with Crippen LogP contribution in [0.5, 0.6) is 0 Å². The third-order valence-corrected chi connectivity index (χ3v) is 4.06. The normalized spacial score (nSPS) is 18.1. The third-order valence-electron chi connectivity index (χ3n) is 4.06. The Bertz CT molecular complexity index is 661. The fraction of sp³-hybridized carbons (Fsp3) is 0.375. The van der Waals surface area contributed by atoms with Gasteiger partial charge in [-0.15, -0.1) is 0 Å². The number of carbonyl (C=O) groups is 4. The van der Waals surface area contributed by atoms with E-state index in [0.29, 0.717) is 24.3 Å². The average molecular weight is 315 g/mol. The van der Waals surface area contributed by atoms with E-state index in [1.165, 1.54) is 11.8 Å². The fourth-order valence-electron chi connectivity index (χ4n) is 2.87. The summed E-state index contributed by atoms with van der Waals surface area (Å²) in [6.07, 6.45) is 0.543. The first-order valence-electron chi connectivity index (χ1n) is 7.47. The Morgan fingerprint density at radius 2 is 1.61 bits per heavy atom.